The van der Waals surface area contributed by atoms with Crippen LogP contribution in [0.5, 0.6) is 5.75 Å². The highest BCUT2D eigenvalue weighted by molar-refractivity contribution is 7.10. The Labute approximate surface area is 242 Å². The van der Waals surface area contributed by atoms with E-state index in [2.05, 4.69) is 43.0 Å². The maximum absolute atomic E-state index is 12.6. The van der Waals surface area contributed by atoms with Gasteiger partial charge in [0.05, 0.1) is 36.6 Å². The number of hydrogen-bond donors (Lipinski definition) is 2. The van der Waals surface area contributed by atoms with Gasteiger partial charge in [-0.25, -0.2) is 9.97 Å². The number of aryl methyl sites for hydroxylation is 1. The number of piperidine rings is 1. The molecule has 0 aliphatic carbocycles. The molecule has 1 atom stereocenters. The SMILES string of the molecule is COc1ccc(NC(=O)Cn2cc(-c3cnc4c(Nc5cc(CN6CCCC(C)C6)ns5)nc(C)cn34)cn2)cc1. The minimum Gasteiger partial charge on any atom is -0.497 e. The predicted octanol–water partition coefficient (Wildman–Crippen LogP) is 4.98. The number of anilines is 3. The van der Waals surface area contributed by atoms with Crippen LogP contribution in [-0.4, -0.2) is 59.5 Å². The highest BCUT2D eigenvalue weighted by atomic mass is 32.1. The van der Waals surface area contributed by atoms with E-state index in [1.165, 1.54) is 24.4 Å². The molecular formula is C29H33N9O2S. The molecule has 5 aromatic rings. The molecule has 4 aromatic heterocycles. The lowest BCUT2D eigenvalue weighted by molar-refractivity contribution is -0.116. The van der Waals surface area contributed by atoms with Crippen molar-refractivity contribution in [2.75, 3.05) is 30.8 Å². The summed E-state index contributed by atoms with van der Waals surface area (Å²) in [6, 6.07) is 9.31. The topological polar surface area (TPSA) is 114 Å². The Morgan fingerprint density at radius 1 is 1.20 bits per heavy atom. The first kappa shape index (κ1) is 26.9. The summed E-state index contributed by atoms with van der Waals surface area (Å²) >= 11 is 1.44. The second-order valence-corrected chi connectivity index (χ2v) is 11.4. The van der Waals surface area contributed by atoms with Crippen LogP contribution in [0.1, 0.15) is 31.2 Å². The van der Waals surface area contributed by atoms with Gasteiger partial charge in [-0.15, -0.1) is 0 Å². The molecule has 6 rings (SSSR count). The molecule has 12 heteroatoms. The molecule has 212 valence electrons. The van der Waals surface area contributed by atoms with E-state index in [-0.39, 0.29) is 12.5 Å². The zero-order valence-corrected chi connectivity index (χ0v) is 24.2. The molecule has 1 saturated heterocycles. The fraction of sp³-hybridized carbons (Fsp3) is 0.345. The predicted molar refractivity (Wildman–Crippen MR) is 160 cm³/mol. The van der Waals surface area contributed by atoms with Crippen molar-refractivity contribution in [2.45, 2.75) is 39.8 Å². The summed E-state index contributed by atoms with van der Waals surface area (Å²) in [5.41, 5.74) is 5.03. The molecule has 1 fully saturated rings. The summed E-state index contributed by atoms with van der Waals surface area (Å²) in [6.45, 7) is 7.48. The van der Waals surface area contributed by atoms with E-state index in [9.17, 15) is 4.79 Å². The summed E-state index contributed by atoms with van der Waals surface area (Å²) < 4.78 is 13.5. The summed E-state index contributed by atoms with van der Waals surface area (Å²) in [4.78, 5) is 24.5. The third kappa shape index (κ3) is 6.23. The summed E-state index contributed by atoms with van der Waals surface area (Å²) in [7, 11) is 1.61. The lowest BCUT2D eigenvalue weighted by Crippen LogP contribution is -2.33. The number of likely N-dealkylation sites (tertiary alicyclic amines) is 1. The smallest absolute Gasteiger partial charge is 0.246 e. The molecule has 5 heterocycles. The normalized spacial score (nSPS) is 15.7. The van der Waals surface area contributed by atoms with Crippen LogP contribution in [0.2, 0.25) is 0 Å². The van der Waals surface area contributed by atoms with Gasteiger partial charge in [-0.3, -0.25) is 18.8 Å². The Hall–Kier alpha value is -4.29. The van der Waals surface area contributed by atoms with Crippen LogP contribution in [0.25, 0.3) is 16.9 Å². The van der Waals surface area contributed by atoms with Crippen LogP contribution in [-0.2, 0) is 17.9 Å². The molecule has 0 bridgehead atoms. The highest BCUT2D eigenvalue weighted by Crippen LogP contribution is 2.28. The first-order valence-corrected chi connectivity index (χ1v) is 14.5. The molecule has 1 aromatic carbocycles. The van der Waals surface area contributed by atoms with Crippen LogP contribution in [0, 0.1) is 12.8 Å². The van der Waals surface area contributed by atoms with Crippen molar-refractivity contribution in [3.8, 4) is 17.0 Å². The van der Waals surface area contributed by atoms with Crippen LogP contribution >= 0.6 is 11.5 Å². The number of ether oxygens (including phenoxy) is 1. The van der Waals surface area contributed by atoms with E-state index in [4.69, 9.17) is 9.72 Å². The highest BCUT2D eigenvalue weighted by Gasteiger charge is 2.19. The average molecular weight is 572 g/mol. The number of nitrogens with zero attached hydrogens (tertiary/aromatic N) is 7. The number of carbonyl (C=O) groups is 1. The number of nitrogens with one attached hydrogen (secondary N) is 2. The molecule has 2 N–H and O–H groups in total. The van der Waals surface area contributed by atoms with Crippen molar-refractivity contribution in [3.63, 3.8) is 0 Å². The molecule has 41 heavy (non-hydrogen) atoms. The Balaban J connectivity index is 1.15. The van der Waals surface area contributed by atoms with Crippen molar-refractivity contribution in [1.82, 2.24) is 33.4 Å². The second kappa shape index (κ2) is 11.7. The van der Waals surface area contributed by atoms with Crippen LogP contribution in [0.4, 0.5) is 16.5 Å². The van der Waals surface area contributed by atoms with Crippen molar-refractivity contribution in [2.24, 2.45) is 5.92 Å². The number of benzene rings is 1. The van der Waals surface area contributed by atoms with E-state index in [1.807, 2.05) is 23.7 Å². The zero-order chi connectivity index (χ0) is 28.3. The number of rotatable bonds is 9. The number of amides is 1. The molecule has 0 saturated carbocycles. The lowest BCUT2D eigenvalue weighted by atomic mass is 10.0. The number of fused-ring (bicyclic) bond motifs is 1. The van der Waals surface area contributed by atoms with E-state index >= 15 is 0 Å². The van der Waals surface area contributed by atoms with Gasteiger partial charge in [-0.05, 0) is 74.1 Å². The van der Waals surface area contributed by atoms with E-state index < -0.39 is 0 Å². The fourth-order valence-corrected chi connectivity index (χ4v) is 5.89. The minimum absolute atomic E-state index is 0.0835. The quantitative estimate of drug-likeness (QED) is 0.255. The van der Waals surface area contributed by atoms with Gasteiger partial charge in [-0.2, -0.15) is 9.47 Å². The largest absolute Gasteiger partial charge is 0.497 e. The van der Waals surface area contributed by atoms with Gasteiger partial charge in [0.15, 0.2) is 11.5 Å². The van der Waals surface area contributed by atoms with E-state index in [1.54, 1.807) is 48.5 Å². The molecule has 0 radical (unpaired) electrons. The van der Waals surface area contributed by atoms with E-state index in [0.717, 1.165) is 58.9 Å². The van der Waals surface area contributed by atoms with Gasteiger partial charge < -0.3 is 15.4 Å². The first-order valence-electron chi connectivity index (χ1n) is 13.7. The molecule has 1 aliphatic heterocycles. The maximum Gasteiger partial charge on any atom is 0.246 e. The third-order valence-corrected chi connectivity index (χ3v) is 7.89. The fourth-order valence-electron chi connectivity index (χ4n) is 5.23. The number of imidazole rings is 1. The summed E-state index contributed by atoms with van der Waals surface area (Å²) in [6.07, 6.45) is 9.89. The summed E-state index contributed by atoms with van der Waals surface area (Å²) in [5, 5.41) is 11.7. The van der Waals surface area contributed by atoms with Crippen LogP contribution in [0.15, 0.2) is 55.1 Å². The lowest BCUT2D eigenvalue weighted by Gasteiger charge is -2.30. The molecular weight excluding hydrogens is 538 g/mol. The van der Waals surface area contributed by atoms with Crippen molar-refractivity contribution < 1.29 is 9.53 Å². The molecule has 11 nitrogen and oxygen atoms in total. The van der Waals surface area contributed by atoms with Gasteiger partial charge in [0, 0.05) is 36.7 Å². The van der Waals surface area contributed by atoms with E-state index in [0.29, 0.717) is 17.2 Å². The Kier molecular flexibility index (Phi) is 7.66. The van der Waals surface area contributed by atoms with Gasteiger partial charge in [0.25, 0.3) is 0 Å². The third-order valence-electron chi connectivity index (χ3n) is 7.15. The first-order chi connectivity index (χ1) is 19.9. The van der Waals surface area contributed by atoms with Crippen molar-refractivity contribution in [3.05, 3.63) is 66.5 Å². The number of aromatic nitrogens is 6. The maximum atomic E-state index is 12.6. The molecule has 1 aliphatic rings. The second-order valence-electron chi connectivity index (χ2n) is 10.6. The Morgan fingerprint density at radius 3 is 2.85 bits per heavy atom. The molecule has 0 spiro atoms. The average Bonchev–Trinajstić information content (AvgIpc) is 3.69. The standard InChI is InChI=1S/C29H33N9O2S/c1-19-5-4-10-36(14-19)17-23-11-27(41-35-23)34-28-29-30-13-25(38(29)15-20(2)32-28)21-12-31-37(16-21)18-26(39)33-22-6-8-24(40-3)9-7-22/h6-9,11-13,15-16,19H,4-5,10,14,17-18H2,1-3H3,(H,32,34)(H,33,39). The Bertz CT molecular complexity index is 1660. The monoisotopic (exact) mass is 571 g/mol. The van der Waals surface area contributed by atoms with Gasteiger partial charge in [0.1, 0.15) is 17.3 Å². The number of hydrogen-bond acceptors (Lipinski definition) is 9. The van der Waals surface area contributed by atoms with Gasteiger partial charge in [0.2, 0.25) is 5.91 Å². The van der Waals surface area contributed by atoms with Gasteiger partial charge in [-0.1, -0.05) is 6.92 Å². The Morgan fingerprint density at radius 2 is 2.05 bits per heavy atom. The summed E-state index contributed by atoms with van der Waals surface area (Å²) in [5.74, 6) is 1.97. The molecule has 1 amide bonds. The molecule has 1 unspecified atom stereocenters. The number of carbonyl (C=O) groups excluding carboxylic acids is 1. The van der Waals surface area contributed by atoms with Crippen molar-refractivity contribution >= 4 is 39.6 Å². The van der Waals surface area contributed by atoms with Gasteiger partial charge >= 0.3 is 0 Å². The van der Waals surface area contributed by atoms with Crippen molar-refractivity contribution in [1.29, 1.82) is 0 Å². The minimum atomic E-state index is -0.173. The van der Waals surface area contributed by atoms with Crippen LogP contribution < -0.4 is 15.4 Å². The zero-order valence-electron chi connectivity index (χ0n) is 23.4. The van der Waals surface area contributed by atoms with Crippen LogP contribution in [0.3, 0.4) is 0 Å². The number of methoxy groups -OCH3 is 1.